The molecule has 0 saturated heterocycles. The van der Waals surface area contributed by atoms with E-state index in [0.717, 1.165) is 39.2 Å². The van der Waals surface area contributed by atoms with Crippen LogP contribution in [-0.2, 0) is 10.0 Å². The van der Waals surface area contributed by atoms with Crippen LogP contribution in [0.3, 0.4) is 0 Å². The first-order valence-electron chi connectivity index (χ1n) is 12.3. The van der Waals surface area contributed by atoms with Gasteiger partial charge in [-0.15, -0.1) is 0 Å². The van der Waals surface area contributed by atoms with Gasteiger partial charge in [-0.1, -0.05) is 36.4 Å². The van der Waals surface area contributed by atoms with Crippen LogP contribution in [0, 0.1) is 13.8 Å². The van der Waals surface area contributed by atoms with Crippen molar-refractivity contribution in [1.29, 1.82) is 0 Å². The van der Waals surface area contributed by atoms with Crippen molar-refractivity contribution in [3.63, 3.8) is 0 Å². The molecule has 196 valence electrons. The zero-order chi connectivity index (χ0) is 27.2. The number of sulfonamides is 1. The van der Waals surface area contributed by atoms with Crippen molar-refractivity contribution < 1.29 is 13.2 Å². The summed E-state index contributed by atoms with van der Waals surface area (Å²) in [5.41, 5.74) is 4.43. The maximum Gasteiger partial charge on any atom is 0.240 e. The minimum Gasteiger partial charge on any atom is -0.455 e. The van der Waals surface area contributed by atoms with Crippen molar-refractivity contribution in [2.24, 2.45) is 0 Å². The highest BCUT2D eigenvalue weighted by atomic mass is 32.2. The van der Waals surface area contributed by atoms with E-state index in [2.05, 4.69) is 25.0 Å². The van der Waals surface area contributed by atoms with Crippen molar-refractivity contribution >= 4 is 38.5 Å². The van der Waals surface area contributed by atoms with E-state index in [4.69, 9.17) is 4.74 Å². The molecule has 0 atom stereocenters. The molecule has 2 heterocycles. The molecule has 0 aliphatic heterocycles. The summed E-state index contributed by atoms with van der Waals surface area (Å²) < 4.78 is 33.4. The van der Waals surface area contributed by atoms with Gasteiger partial charge in [0, 0.05) is 23.3 Å². The molecule has 0 aliphatic rings. The smallest absolute Gasteiger partial charge is 0.240 e. The van der Waals surface area contributed by atoms with E-state index in [1.54, 1.807) is 42.6 Å². The first-order chi connectivity index (χ1) is 18.9. The topological polar surface area (TPSA) is 106 Å². The molecule has 8 nitrogen and oxygen atoms in total. The summed E-state index contributed by atoms with van der Waals surface area (Å²) in [5.74, 6) is 2.09. The first kappa shape index (κ1) is 26.0. The number of benzene rings is 3. The van der Waals surface area contributed by atoms with E-state index in [9.17, 15) is 8.42 Å². The summed E-state index contributed by atoms with van der Waals surface area (Å²) in [4.78, 5) is 13.3. The molecule has 0 amide bonds. The Labute approximate surface area is 227 Å². The lowest BCUT2D eigenvalue weighted by Gasteiger charge is -2.12. The second-order valence-electron chi connectivity index (χ2n) is 8.91. The van der Waals surface area contributed by atoms with E-state index in [-0.39, 0.29) is 11.4 Å². The lowest BCUT2D eigenvalue weighted by Crippen LogP contribution is -2.23. The van der Waals surface area contributed by atoms with Crippen LogP contribution in [0.2, 0.25) is 0 Å². The molecule has 0 bridgehead atoms. The van der Waals surface area contributed by atoms with Gasteiger partial charge in [0.25, 0.3) is 0 Å². The zero-order valence-corrected chi connectivity index (χ0v) is 22.3. The van der Waals surface area contributed by atoms with Crippen molar-refractivity contribution in [3.8, 4) is 11.5 Å². The third-order valence-electron chi connectivity index (χ3n) is 5.96. The Kier molecular flexibility index (Phi) is 7.62. The molecular formula is C30H27N5O3S. The summed E-state index contributed by atoms with van der Waals surface area (Å²) in [6.07, 6.45) is 6.86. The van der Waals surface area contributed by atoms with Crippen molar-refractivity contribution in [1.82, 2.24) is 19.7 Å². The fraction of sp³-hybridized carbons (Fsp3) is 0.100. The summed E-state index contributed by atoms with van der Waals surface area (Å²) in [6.45, 7) is 4.08. The van der Waals surface area contributed by atoms with Crippen LogP contribution >= 0.6 is 0 Å². The molecule has 0 unspecified atom stereocenters. The van der Waals surface area contributed by atoms with Gasteiger partial charge in [-0.2, -0.15) is 0 Å². The van der Waals surface area contributed by atoms with Gasteiger partial charge in [-0.25, -0.2) is 23.1 Å². The van der Waals surface area contributed by atoms with Crippen LogP contribution < -0.4 is 14.8 Å². The highest BCUT2D eigenvalue weighted by Crippen LogP contribution is 2.30. The van der Waals surface area contributed by atoms with Gasteiger partial charge >= 0.3 is 0 Å². The quantitative estimate of drug-likeness (QED) is 0.232. The highest BCUT2D eigenvalue weighted by molar-refractivity contribution is 7.89. The molecule has 2 aromatic heterocycles. The van der Waals surface area contributed by atoms with Gasteiger partial charge in [0.15, 0.2) is 0 Å². The van der Waals surface area contributed by atoms with Crippen molar-refractivity contribution in [3.05, 3.63) is 114 Å². The average molecular weight is 538 g/mol. The Morgan fingerprint density at radius 2 is 1.74 bits per heavy atom. The van der Waals surface area contributed by atoms with Gasteiger partial charge in [0.2, 0.25) is 10.0 Å². The summed E-state index contributed by atoms with van der Waals surface area (Å²) >= 11 is 0. The fourth-order valence-corrected chi connectivity index (χ4v) is 4.93. The van der Waals surface area contributed by atoms with E-state index < -0.39 is 10.0 Å². The number of hydrogen-bond donors (Lipinski definition) is 2. The molecule has 3 aromatic carbocycles. The van der Waals surface area contributed by atoms with E-state index in [1.807, 2.05) is 68.5 Å². The van der Waals surface area contributed by atoms with Gasteiger partial charge in [0.05, 0.1) is 16.6 Å². The van der Waals surface area contributed by atoms with Crippen LogP contribution in [0.25, 0.3) is 17.0 Å². The number of hydrogen-bond acceptors (Lipinski definition) is 7. The first-order valence-corrected chi connectivity index (χ1v) is 13.8. The van der Waals surface area contributed by atoms with E-state index >= 15 is 0 Å². The van der Waals surface area contributed by atoms with Gasteiger partial charge < -0.3 is 10.1 Å². The molecule has 9 heteroatoms. The molecule has 0 aliphatic carbocycles. The highest BCUT2D eigenvalue weighted by Gasteiger charge is 2.11. The molecular weight excluding hydrogens is 510 g/mol. The predicted octanol–water partition coefficient (Wildman–Crippen LogP) is 6.17. The number of anilines is 2. The minimum atomic E-state index is -3.56. The summed E-state index contributed by atoms with van der Waals surface area (Å²) in [6, 6.07) is 23.7. The minimum absolute atomic E-state index is 0.165. The Hall–Kier alpha value is -4.60. The van der Waals surface area contributed by atoms with Crippen LogP contribution in [0.1, 0.15) is 16.8 Å². The largest absolute Gasteiger partial charge is 0.455 e. The van der Waals surface area contributed by atoms with E-state index in [0.29, 0.717) is 11.6 Å². The normalized spacial score (nSPS) is 11.6. The number of fused-ring (bicyclic) bond motifs is 1. The second kappa shape index (κ2) is 11.4. The fourth-order valence-electron chi connectivity index (χ4n) is 3.93. The standard InChI is InChI=1S/C30H27N5O3S/c1-21-17-24(12-15-29(21)38-25-13-10-22(2)31-19-25)35-30-27-18-23(11-14-28(27)32-20-33-30)7-6-16-34-39(36,37)26-8-4-3-5-9-26/h3-15,17-20,34H,16H2,1-2H3,(H,32,33,35)/b7-6+. The van der Waals surface area contributed by atoms with Crippen LogP contribution in [0.4, 0.5) is 11.5 Å². The Balaban J connectivity index is 1.30. The molecule has 5 rings (SSSR count). The summed E-state index contributed by atoms with van der Waals surface area (Å²) in [5, 5.41) is 4.23. The Morgan fingerprint density at radius 3 is 2.51 bits per heavy atom. The lowest BCUT2D eigenvalue weighted by atomic mass is 10.1. The SMILES string of the molecule is Cc1ccc(Oc2ccc(Nc3ncnc4ccc(/C=C/CNS(=O)(=O)c5ccccc5)cc34)cc2C)cn1. The predicted molar refractivity (Wildman–Crippen MR) is 154 cm³/mol. The number of aromatic nitrogens is 3. The Bertz CT molecular complexity index is 1740. The van der Waals surface area contributed by atoms with Gasteiger partial charge in [0.1, 0.15) is 23.6 Å². The number of ether oxygens (including phenoxy) is 1. The number of nitrogens with zero attached hydrogens (tertiary/aromatic N) is 3. The van der Waals surface area contributed by atoms with Gasteiger partial charge in [-0.3, -0.25) is 4.98 Å². The van der Waals surface area contributed by atoms with Gasteiger partial charge in [-0.05, 0) is 79.6 Å². The maximum absolute atomic E-state index is 12.4. The Morgan fingerprint density at radius 1 is 0.897 bits per heavy atom. The lowest BCUT2D eigenvalue weighted by molar-refractivity contribution is 0.476. The third kappa shape index (κ3) is 6.46. The molecule has 0 fully saturated rings. The number of nitrogens with one attached hydrogen (secondary N) is 2. The van der Waals surface area contributed by atoms with Crippen LogP contribution in [0.5, 0.6) is 11.5 Å². The maximum atomic E-state index is 12.4. The molecule has 0 radical (unpaired) electrons. The third-order valence-corrected chi connectivity index (χ3v) is 7.40. The zero-order valence-electron chi connectivity index (χ0n) is 21.5. The van der Waals surface area contributed by atoms with Crippen LogP contribution in [-0.4, -0.2) is 29.9 Å². The van der Waals surface area contributed by atoms with Crippen molar-refractivity contribution in [2.45, 2.75) is 18.7 Å². The molecule has 39 heavy (non-hydrogen) atoms. The number of rotatable bonds is 9. The van der Waals surface area contributed by atoms with E-state index in [1.165, 1.54) is 6.33 Å². The molecule has 0 spiro atoms. The monoisotopic (exact) mass is 537 g/mol. The molecule has 0 saturated carbocycles. The van der Waals surface area contributed by atoms with Crippen LogP contribution in [0.15, 0.2) is 102 Å². The summed E-state index contributed by atoms with van der Waals surface area (Å²) in [7, 11) is -3.56. The number of aryl methyl sites for hydroxylation is 2. The average Bonchev–Trinajstić information content (AvgIpc) is 2.94. The molecule has 2 N–H and O–H groups in total. The number of pyridine rings is 1. The second-order valence-corrected chi connectivity index (χ2v) is 10.7. The van der Waals surface area contributed by atoms with Crippen molar-refractivity contribution in [2.75, 3.05) is 11.9 Å². The molecule has 5 aromatic rings.